The van der Waals surface area contributed by atoms with Crippen molar-refractivity contribution in [3.8, 4) is 0 Å². The molecule has 6 heteroatoms. The first-order chi connectivity index (χ1) is 12.8. The Morgan fingerprint density at radius 3 is 2.65 bits per heavy atom. The normalized spacial score (nSPS) is 20.7. The maximum absolute atomic E-state index is 5.69. The Kier molecular flexibility index (Phi) is 5.70. The highest BCUT2D eigenvalue weighted by Gasteiger charge is 2.23. The molecule has 2 saturated heterocycles. The van der Waals surface area contributed by atoms with Gasteiger partial charge >= 0.3 is 0 Å². The van der Waals surface area contributed by atoms with Gasteiger partial charge in [0.1, 0.15) is 11.5 Å². The van der Waals surface area contributed by atoms with Gasteiger partial charge in [-0.15, -0.1) is 0 Å². The molecule has 4 rings (SSSR count). The molecule has 0 saturated carbocycles. The van der Waals surface area contributed by atoms with Crippen LogP contribution in [0.2, 0.25) is 0 Å². The number of likely N-dealkylation sites (tertiary alicyclic amines) is 1. The summed E-state index contributed by atoms with van der Waals surface area (Å²) in [4.78, 5) is 7.13. The number of nitrogens with zero attached hydrogens (tertiary/aromatic N) is 3. The minimum absolute atomic E-state index is 0.387. The number of piperidine rings is 1. The molecule has 0 atom stereocenters. The first-order valence-corrected chi connectivity index (χ1v) is 9.94. The van der Waals surface area contributed by atoms with Gasteiger partial charge in [0.2, 0.25) is 5.89 Å². The van der Waals surface area contributed by atoms with Crippen LogP contribution >= 0.6 is 0 Å². The molecule has 0 N–H and O–H groups in total. The molecular weight excluding hydrogens is 330 g/mol. The van der Waals surface area contributed by atoms with Gasteiger partial charge in [-0.2, -0.15) is 4.98 Å². The molecule has 0 amide bonds. The Balaban J connectivity index is 1.19. The van der Waals surface area contributed by atoms with Crippen molar-refractivity contribution in [1.82, 2.24) is 15.0 Å². The van der Waals surface area contributed by atoms with E-state index in [1.165, 1.54) is 12.8 Å². The number of hydrogen-bond acceptors (Lipinski definition) is 6. The van der Waals surface area contributed by atoms with E-state index >= 15 is 0 Å². The molecule has 0 spiro atoms. The summed E-state index contributed by atoms with van der Waals surface area (Å²) in [5.74, 6) is 4.91. The molecule has 2 aromatic rings. The van der Waals surface area contributed by atoms with E-state index in [0.717, 1.165) is 87.7 Å². The van der Waals surface area contributed by atoms with E-state index < -0.39 is 0 Å². The van der Waals surface area contributed by atoms with Gasteiger partial charge in [-0.3, -0.25) is 4.90 Å². The molecule has 142 valence electrons. The summed E-state index contributed by atoms with van der Waals surface area (Å²) >= 11 is 0. The highest BCUT2D eigenvalue weighted by atomic mass is 16.5. The van der Waals surface area contributed by atoms with Crippen molar-refractivity contribution in [2.45, 2.75) is 57.9 Å². The molecule has 0 unspecified atom stereocenters. The van der Waals surface area contributed by atoms with Crippen LogP contribution in [0.4, 0.5) is 0 Å². The zero-order valence-corrected chi connectivity index (χ0v) is 15.7. The second kappa shape index (κ2) is 8.35. The number of furan rings is 1. The number of rotatable bonds is 6. The Hall–Kier alpha value is -1.66. The van der Waals surface area contributed by atoms with Crippen molar-refractivity contribution in [2.24, 2.45) is 5.92 Å². The lowest BCUT2D eigenvalue weighted by Crippen LogP contribution is -2.33. The van der Waals surface area contributed by atoms with Crippen molar-refractivity contribution in [3.05, 3.63) is 35.4 Å². The van der Waals surface area contributed by atoms with Gasteiger partial charge in [-0.1, -0.05) is 5.16 Å². The summed E-state index contributed by atoms with van der Waals surface area (Å²) in [7, 11) is 0. The topological polar surface area (TPSA) is 64.5 Å². The molecule has 0 aliphatic carbocycles. The zero-order valence-electron chi connectivity index (χ0n) is 15.7. The number of aryl methyl sites for hydroxylation is 2. The van der Waals surface area contributed by atoms with Crippen LogP contribution in [-0.2, 0) is 17.7 Å². The Labute approximate surface area is 154 Å². The summed E-state index contributed by atoms with van der Waals surface area (Å²) in [6, 6.07) is 4.13. The van der Waals surface area contributed by atoms with E-state index in [1.807, 2.05) is 13.0 Å². The molecular formula is C20H29N3O3. The highest BCUT2D eigenvalue weighted by molar-refractivity contribution is 5.05. The molecule has 0 radical (unpaired) electrons. The maximum Gasteiger partial charge on any atom is 0.229 e. The molecule has 2 aliphatic heterocycles. The smallest absolute Gasteiger partial charge is 0.229 e. The zero-order chi connectivity index (χ0) is 17.8. The van der Waals surface area contributed by atoms with Gasteiger partial charge in [0, 0.05) is 25.6 Å². The van der Waals surface area contributed by atoms with E-state index in [1.54, 1.807) is 0 Å². The second-order valence-electron chi connectivity index (χ2n) is 7.71. The average molecular weight is 359 g/mol. The number of hydrogen-bond donors (Lipinski definition) is 0. The van der Waals surface area contributed by atoms with E-state index in [0.29, 0.717) is 5.92 Å². The fourth-order valence-corrected chi connectivity index (χ4v) is 4.04. The summed E-state index contributed by atoms with van der Waals surface area (Å²) in [6.07, 6.45) is 6.55. The number of aromatic nitrogens is 2. The van der Waals surface area contributed by atoms with Crippen molar-refractivity contribution < 1.29 is 13.7 Å². The predicted molar refractivity (Wildman–Crippen MR) is 96.9 cm³/mol. The molecule has 0 aromatic carbocycles. The van der Waals surface area contributed by atoms with E-state index in [9.17, 15) is 0 Å². The van der Waals surface area contributed by atoms with Crippen LogP contribution < -0.4 is 0 Å². The summed E-state index contributed by atoms with van der Waals surface area (Å²) in [5, 5.41) is 4.20. The lowest BCUT2D eigenvalue weighted by Gasteiger charge is -2.31. The minimum Gasteiger partial charge on any atom is -0.465 e. The molecule has 2 aliphatic rings. The lowest BCUT2D eigenvalue weighted by molar-refractivity contribution is 0.0778. The van der Waals surface area contributed by atoms with Gasteiger partial charge in [0.05, 0.1) is 6.54 Å². The summed E-state index contributed by atoms with van der Waals surface area (Å²) < 4.78 is 16.6. The molecule has 4 heterocycles. The predicted octanol–water partition coefficient (Wildman–Crippen LogP) is 3.71. The summed E-state index contributed by atoms with van der Waals surface area (Å²) in [5.41, 5.74) is 0. The largest absolute Gasteiger partial charge is 0.465 e. The van der Waals surface area contributed by atoms with Crippen LogP contribution in [0.25, 0.3) is 0 Å². The molecule has 6 nitrogen and oxygen atoms in total. The molecule has 0 bridgehead atoms. The quantitative estimate of drug-likeness (QED) is 0.783. The van der Waals surface area contributed by atoms with E-state index in [-0.39, 0.29) is 0 Å². The molecule has 2 fully saturated rings. The lowest BCUT2D eigenvalue weighted by atomic mass is 9.92. The minimum atomic E-state index is 0.387. The third-order valence-electron chi connectivity index (χ3n) is 5.71. The van der Waals surface area contributed by atoms with E-state index in [4.69, 9.17) is 13.7 Å². The summed E-state index contributed by atoms with van der Waals surface area (Å²) in [6.45, 7) is 6.83. The Morgan fingerprint density at radius 1 is 1.12 bits per heavy atom. The average Bonchev–Trinajstić information content (AvgIpc) is 3.31. The van der Waals surface area contributed by atoms with Crippen LogP contribution in [0.3, 0.4) is 0 Å². The fraction of sp³-hybridized carbons (Fsp3) is 0.700. The van der Waals surface area contributed by atoms with Gasteiger partial charge in [0.25, 0.3) is 0 Å². The van der Waals surface area contributed by atoms with Crippen LogP contribution in [0, 0.1) is 12.8 Å². The maximum atomic E-state index is 5.69. The van der Waals surface area contributed by atoms with Crippen molar-refractivity contribution in [1.29, 1.82) is 0 Å². The fourth-order valence-electron chi connectivity index (χ4n) is 4.04. The van der Waals surface area contributed by atoms with Crippen LogP contribution in [0.15, 0.2) is 21.1 Å². The second-order valence-corrected chi connectivity index (χ2v) is 7.71. The van der Waals surface area contributed by atoms with Crippen LogP contribution in [0.5, 0.6) is 0 Å². The van der Waals surface area contributed by atoms with Crippen LogP contribution in [0.1, 0.15) is 61.3 Å². The SMILES string of the molecule is Cc1ccc(CN2CCC(CCc3noc(C4CCOCC4)n3)CC2)o1. The molecule has 26 heavy (non-hydrogen) atoms. The van der Waals surface area contributed by atoms with Gasteiger partial charge in [0.15, 0.2) is 5.82 Å². The van der Waals surface area contributed by atoms with Crippen LogP contribution in [-0.4, -0.2) is 41.3 Å². The van der Waals surface area contributed by atoms with Crippen molar-refractivity contribution >= 4 is 0 Å². The van der Waals surface area contributed by atoms with Gasteiger partial charge in [-0.05, 0) is 70.2 Å². The third-order valence-corrected chi connectivity index (χ3v) is 5.71. The Morgan fingerprint density at radius 2 is 1.92 bits per heavy atom. The highest BCUT2D eigenvalue weighted by Crippen LogP contribution is 2.27. The van der Waals surface area contributed by atoms with Gasteiger partial charge in [-0.25, -0.2) is 0 Å². The monoisotopic (exact) mass is 359 g/mol. The Bertz CT molecular complexity index is 682. The van der Waals surface area contributed by atoms with Crippen molar-refractivity contribution in [3.63, 3.8) is 0 Å². The first-order valence-electron chi connectivity index (χ1n) is 9.94. The van der Waals surface area contributed by atoms with Gasteiger partial charge < -0.3 is 13.7 Å². The van der Waals surface area contributed by atoms with Crippen molar-refractivity contribution in [2.75, 3.05) is 26.3 Å². The van der Waals surface area contributed by atoms with E-state index in [2.05, 4.69) is 21.1 Å². The third kappa shape index (κ3) is 4.54. The first kappa shape index (κ1) is 17.7. The number of ether oxygens (including phenoxy) is 1. The molecule has 2 aromatic heterocycles. The standard InChI is InChI=1S/C20H29N3O3/c1-15-2-4-18(25-15)14-23-10-6-16(7-11-23)3-5-19-21-20(26-22-19)17-8-12-24-13-9-17/h2,4,16-17H,3,5-14H2,1H3.